The van der Waals surface area contributed by atoms with Gasteiger partial charge in [0, 0.05) is 5.41 Å². The summed E-state index contributed by atoms with van der Waals surface area (Å²) in [6, 6.07) is 5.20. The molecule has 1 aromatic rings. The van der Waals surface area contributed by atoms with Crippen LogP contribution in [0.1, 0.15) is 26.7 Å². The molecular formula is C15H20Cl2N2O. The first-order valence-electron chi connectivity index (χ1n) is 6.89. The molecule has 20 heavy (non-hydrogen) atoms. The molecule has 0 spiro atoms. The number of benzene rings is 1. The number of piperidine rings is 1. The van der Waals surface area contributed by atoms with Crippen LogP contribution in [0, 0.1) is 11.3 Å². The van der Waals surface area contributed by atoms with Crippen molar-refractivity contribution in [3.05, 3.63) is 28.2 Å². The summed E-state index contributed by atoms with van der Waals surface area (Å²) >= 11 is 12.2. The maximum atomic E-state index is 12.6. The quantitative estimate of drug-likeness (QED) is 0.886. The van der Waals surface area contributed by atoms with E-state index in [-0.39, 0.29) is 5.91 Å². The van der Waals surface area contributed by atoms with E-state index in [2.05, 4.69) is 10.6 Å². The van der Waals surface area contributed by atoms with E-state index < -0.39 is 5.41 Å². The zero-order valence-corrected chi connectivity index (χ0v) is 13.3. The highest BCUT2D eigenvalue weighted by atomic mass is 35.5. The van der Waals surface area contributed by atoms with Crippen molar-refractivity contribution < 1.29 is 4.79 Å². The standard InChI is InChI=1S/C15H20Cl2N2O/c1-15(2,10-5-4-8-18-9-10)14(20)19-13-11(16)6-3-7-12(13)17/h3,6-7,10,18H,4-5,8-9H2,1-2H3,(H,19,20). The molecule has 0 aliphatic carbocycles. The molecule has 3 nitrogen and oxygen atoms in total. The van der Waals surface area contributed by atoms with E-state index in [1.54, 1.807) is 18.2 Å². The van der Waals surface area contributed by atoms with Gasteiger partial charge in [-0.15, -0.1) is 0 Å². The molecule has 0 radical (unpaired) electrons. The highest BCUT2D eigenvalue weighted by Gasteiger charge is 2.37. The van der Waals surface area contributed by atoms with Crippen molar-refractivity contribution in [1.29, 1.82) is 0 Å². The van der Waals surface area contributed by atoms with Crippen molar-refractivity contribution in [3.63, 3.8) is 0 Å². The summed E-state index contributed by atoms with van der Waals surface area (Å²) in [4.78, 5) is 12.6. The number of rotatable bonds is 3. The Labute approximate surface area is 130 Å². The number of carbonyl (C=O) groups is 1. The number of nitrogens with one attached hydrogen (secondary N) is 2. The largest absolute Gasteiger partial charge is 0.323 e. The third-order valence-corrected chi connectivity index (χ3v) is 4.73. The lowest BCUT2D eigenvalue weighted by atomic mass is 9.74. The lowest BCUT2D eigenvalue weighted by molar-refractivity contribution is -0.127. The fraction of sp³-hybridized carbons (Fsp3) is 0.533. The van der Waals surface area contributed by atoms with Gasteiger partial charge in [-0.05, 0) is 44.0 Å². The van der Waals surface area contributed by atoms with Gasteiger partial charge in [-0.25, -0.2) is 0 Å². The van der Waals surface area contributed by atoms with Crippen LogP contribution in [0.15, 0.2) is 18.2 Å². The van der Waals surface area contributed by atoms with Gasteiger partial charge in [0.15, 0.2) is 0 Å². The molecule has 0 aromatic heterocycles. The molecule has 1 saturated heterocycles. The monoisotopic (exact) mass is 314 g/mol. The Bertz CT molecular complexity index is 476. The highest BCUT2D eigenvalue weighted by molar-refractivity contribution is 6.39. The molecule has 1 aliphatic rings. The minimum atomic E-state index is -0.462. The molecule has 1 aliphatic heterocycles. The van der Waals surface area contributed by atoms with Crippen LogP contribution in [0.3, 0.4) is 0 Å². The van der Waals surface area contributed by atoms with Crippen molar-refractivity contribution in [2.45, 2.75) is 26.7 Å². The van der Waals surface area contributed by atoms with Gasteiger partial charge in [0.1, 0.15) is 0 Å². The summed E-state index contributed by atoms with van der Waals surface area (Å²) in [5.41, 5.74) is 0.0355. The normalized spacial score (nSPS) is 19.7. The SMILES string of the molecule is CC(C)(C(=O)Nc1c(Cl)cccc1Cl)C1CCCNC1. The molecule has 1 aromatic carbocycles. The molecule has 5 heteroatoms. The minimum Gasteiger partial charge on any atom is -0.323 e. The number of hydrogen-bond donors (Lipinski definition) is 2. The Morgan fingerprint density at radius 1 is 1.35 bits per heavy atom. The van der Waals surface area contributed by atoms with E-state index in [4.69, 9.17) is 23.2 Å². The second-order valence-electron chi connectivity index (χ2n) is 5.82. The number of halogens is 2. The van der Waals surface area contributed by atoms with Gasteiger partial charge in [-0.3, -0.25) is 4.79 Å². The predicted molar refractivity (Wildman–Crippen MR) is 84.5 cm³/mol. The molecule has 1 unspecified atom stereocenters. The van der Waals surface area contributed by atoms with Crippen molar-refractivity contribution in [3.8, 4) is 0 Å². The van der Waals surface area contributed by atoms with Gasteiger partial charge in [-0.2, -0.15) is 0 Å². The zero-order chi connectivity index (χ0) is 14.8. The molecule has 2 N–H and O–H groups in total. The minimum absolute atomic E-state index is 0.0406. The van der Waals surface area contributed by atoms with Crippen molar-refractivity contribution >= 4 is 34.8 Å². The van der Waals surface area contributed by atoms with E-state index in [9.17, 15) is 4.79 Å². The molecule has 1 amide bonds. The van der Waals surface area contributed by atoms with E-state index in [1.165, 1.54) is 0 Å². The van der Waals surface area contributed by atoms with Gasteiger partial charge >= 0.3 is 0 Å². The summed E-state index contributed by atoms with van der Waals surface area (Å²) in [7, 11) is 0. The average molecular weight is 315 g/mol. The van der Waals surface area contributed by atoms with Crippen LogP contribution in [0.4, 0.5) is 5.69 Å². The average Bonchev–Trinajstić information content (AvgIpc) is 2.43. The van der Waals surface area contributed by atoms with Gasteiger partial charge in [0.2, 0.25) is 5.91 Å². The van der Waals surface area contributed by atoms with E-state index in [1.807, 2.05) is 13.8 Å². The van der Waals surface area contributed by atoms with Crippen LogP contribution in [-0.2, 0) is 4.79 Å². The first-order valence-corrected chi connectivity index (χ1v) is 7.64. The summed E-state index contributed by atoms with van der Waals surface area (Å²) in [5, 5.41) is 7.16. The number of amides is 1. The number of hydrogen-bond acceptors (Lipinski definition) is 2. The van der Waals surface area contributed by atoms with Crippen LogP contribution in [0.2, 0.25) is 10.0 Å². The van der Waals surface area contributed by atoms with Crippen molar-refractivity contribution in [2.75, 3.05) is 18.4 Å². The van der Waals surface area contributed by atoms with Gasteiger partial charge in [0.05, 0.1) is 15.7 Å². The summed E-state index contributed by atoms with van der Waals surface area (Å²) < 4.78 is 0. The molecule has 1 fully saturated rings. The fourth-order valence-corrected chi connectivity index (χ4v) is 3.04. The second-order valence-corrected chi connectivity index (χ2v) is 6.63. The summed E-state index contributed by atoms with van der Waals surface area (Å²) in [6.45, 7) is 5.86. The Morgan fingerprint density at radius 2 is 2.00 bits per heavy atom. The molecule has 1 atom stereocenters. The molecule has 0 saturated carbocycles. The third kappa shape index (κ3) is 3.27. The summed E-state index contributed by atoms with van der Waals surface area (Å²) in [6.07, 6.45) is 2.16. The van der Waals surface area contributed by atoms with E-state index >= 15 is 0 Å². The number of anilines is 1. The first kappa shape index (κ1) is 15.6. The van der Waals surface area contributed by atoms with Crippen molar-refractivity contribution in [1.82, 2.24) is 5.32 Å². The maximum Gasteiger partial charge on any atom is 0.230 e. The Kier molecular flexibility index (Phi) is 4.95. The van der Waals surface area contributed by atoms with Crippen molar-refractivity contribution in [2.24, 2.45) is 11.3 Å². The van der Waals surface area contributed by atoms with E-state index in [0.29, 0.717) is 21.7 Å². The van der Waals surface area contributed by atoms with Crippen LogP contribution in [0.25, 0.3) is 0 Å². The van der Waals surface area contributed by atoms with Gasteiger partial charge < -0.3 is 10.6 Å². The Balaban J connectivity index is 2.14. The van der Waals surface area contributed by atoms with Gasteiger partial charge in [-0.1, -0.05) is 43.1 Å². The molecule has 1 heterocycles. The smallest absolute Gasteiger partial charge is 0.230 e. The zero-order valence-electron chi connectivity index (χ0n) is 11.8. The van der Waals surface area contributed by atoms with Gasteiger partial charge in [0.25, 0.3) is 0 Å². The highest BCUT2D eigenvalue weighted by Crippen LogP contribution is 2.36. The Morgan fingerprint density at radius 3 is 2.55 bits per heavy atom. The molecular weight excluding hydrogens is 295 g/mol. The number of para-hydroxylation sites is 1. The molecule has 2 rings (SSSR count). The summed E-state index contributed by atoms with van der Waals surface area (Å²) in [5.74, 6) is 0.277. The van der Waals surface area contributed by atoms with Crippen LogP contribution in [-0.4, -0.2) is 19.0 Å². The van der Waals surface area contributed by atoms with Crippen LogP contribution in [0.5, 0.6) is 0 Å². The first-order chi connectivity index (χ1) is 9.43. The predicted octanol–water partition coefficient (Wildman–Crippen LogP) is 3.96. The fourth-order valence-electron chi connectivity index (χ4n) is 2.55. The van der Waals surface area contributed by atoms with Crippen LogP contribution >= 0.6 is 23.2 Å². The second kappa shape index (κ2) is 6.33. The third-order valence-electron chi connectivity index (χ3n) is 4.10. The Hall–Kier alpha value is -0.770. The van der Waals surface area contributed by atoms with Crippen LogP contribution < -0.4 is 10.6 Å². The number of carbonyl (C=O) groups excluding carboxylic acids is 1. The lowest BCUT2D eigenvalue weighted by Gasteiger charge is -2.36. The maximum absolute atomic E-state index is 12.6. The topological polar surface area (TPSA) is 41.1 Å². The lowest BCUT2D eigenvalue weighted by Crippen LogP contribution is -2.44. The van der Waals surface area contributed by atoms with E-state index in [0.717, 1.165) is 25.9 Å². The molecule has 0 bridgehead atoms. The molecule has 110 valence electrons.